The molecule has 0 bridgehead atoms. The van der Waals surface area contributed by atoms with E-state index < -0.39 is 0 Å². The molecule has 0 aliphatic carbocycles. The summed E-state index contributed by atoms with van der Waals surface area (Å²) in [6, 6.07) is 20.1. The lowest BCUT2D eigenvalue weighted by atomic mass is 10.00. The number of amides is 1. The molecule has 1 aliphatic rings. The van der Waals surface area contributed by atoms with E-state index >= 15 is 0 Å². The van der Waals surface area contributed by atoms with Gasteiger partial charge in [-0.25, -0.2) is 0 Å². The second-order valence-corrected chi connectivity index (χ2v) is 8.77. The molecule has 3 aromatic rings. The standard InChI is InChI=1S/C26H29ClN2O2/c1-19-4-3-17-28(18-19)26(30)16-12-23-11-15-25(20-5-7-21(27)8-6-20)29(23)22-9-13-24(31-2)14-10-22/h5-11,13-15,19H,3-4,12,16-18H2,1-2H3/t19-/m1/s1. The summed E-state index contributed by atoms with van der Waals surface area (Å²) < 4.78 is 7.56. The normalized spacial score (nSPS) is 16.4. The molecule has 4 nitrogen and oxygen atoms in total. The van der Waals surface area contributed by atoms with Crippen LogP contribution in [0.25, 0.3) is 16.9 Å². The number of aromatic nitrogens is 1. The Balaban J connectivity index is 1.62. The molecule has 4 rings (SSSR count). The first-order valence-corrected chi connectivity index (χ1v) is 11.3. The molecular formula is C26H29ClN2O2. The summed E-state index contributed by atoms with van der Waals surface area (Å²) in [5.74, 6) is 1.67. The molecule has 0 radical (unpaired) electrons. The fraction of sp³-hybridized carbons (Fsp3) is 0.346. The molecule has 0 N–H and O–H groups in total. The Morgan fingerprint density at radius 2 is 1.81 bits per heavy atom. The Hall–Kier alpha value is -2.72. The van der Waals surface area contributed by atoms with Gasteiger partial charge in [-0.1, -0.05) is 30.7 Å². The Morgan fingerprint density at radius 3 is 2.48 bits per heavy atom. The van der Waals surface area contributed by atoms with Crippen molar-refractivity contribution in [2.24, 2.45) is 5.92 Å². The Kier molecular flexibility index (Phi) is 6.67. The van der Waals surface area contributed by atoms with Gasteiger partial charge in [0.1, 0.15) is 5.75 Å². The van der Waals surface area contributed by atoms with E-state index in [2.05, 4.69) is 35.8 Å². The van der Waals surface area contributed by atoms with Crippen LogP contribution in [0, 0.1) is 5.92 Å². The summed E-state index contributed by atoms with van der Waals surface area (Å²) in [5, 5.41) is 0.716. The maximum Gasteiger partial charge on any atom is 0.222 e. The SMILES string of the molecule is COc1ccc(-n2c(CCC(=O)N3CCC[C@@H](C)C3)ccc2-c2ccc(Cl)cc2)cc1. The predicted molar refractivity (Wildman–Crippen MR) is 126 cm³/mol. The molecule has 0 saturated carbocycles. The molecular weight excluding hydrogens is 408 g/mol. The summed E-state index contributed by atoms with van der Waals surface area (Å²) in [6.07, 6.45) is 3.54. The van der Waals surface area contributed by atoms with Gasteiger partial charge in [0, 0.05) is 35.9 Å². The van der Waals surface area contributed by atoms with Crippen molar-refractivity contribution in [1.29, 1.82) is 0 Å². The minimum Gasteiger partial charge on any atom is -0.497 e. The monoisotopic (exact) mass is 436 g/mol. The number of carbonyl (C=O) groups is 1. The molecule has 2 heterocycles. The highest BCUT2D eigenvalue weighted by molar-refractivity contribution is 6.30. The van der Waals surface area contributed by atoms with Crippen molar-refractivity contribution in [3.05, 3.63) is 71.4 Å². The van der Waals surface area contributed by atoms with Crippen LogP contribution in [0.2, 0.25) is 5.02 Å². The maximum atomic E-state index is 12.8. The number of hydrogen-bond acceptors (Lipinski definition) is 2. The van der Waals surface area contributed by atoms with Gasteiger partial charge >= 0.3 is 0 Å². The van der Waals surface area contributed by atoms with E-state index in [0.717, 1.165) is 47.9 Å². The van der Waals surface area contributed by atoms with E-state index in [9.17, 15) is 4.79 Å². The van der Waals surface area contributed by atoms with E-state index in [1.165, 1.54) is 6.42 Å². The van der Waals surface area contributed by atoms with Crippen LogP contribution in [0.4, 0.5) is 0 Å². The van der Waals surface area contributed by atoms with Crippen molar-refractivity contribution in [2.75, 3.05) is 20.2 Å². The van der Waals surface area contributed by atoms with Crippen molar-refractivity contribution in [3.8, 4) is 22.7 Å². The average Bonchev–Trinajstić information content (AvgIpc) is 3.22. The number of ether oxygens (including phenoxy) is 1. The highest BCUT2D eigenvalue weighted by atomic mass is 35.5. The fourth-order valence-electron chi connectivity index (χ4n) is 4.37. The first-order valence-electron chi connectivity index (χ1n) is 10.9. The molecule has 0 unspecified atom stereocenters. The van der Waals surface area contributed by atoms with Crippen molar-refractivity contribution in [2.45, 2.75) is 32.6 Å². The number of halogens is 1. The molecule has 162 valence electrons. The molecule has 2 aromatic carbocycles. The van der Waals surface area contributed by atoms with Gasteiger partial charge < -0.3 is 14.2 Å². The molecule has 0 spiro atoms. The second kappa shape index (κ2) is 9.61. The van der Waals surface area contributed by atoms with Crippen LogP contribution in [0.1, 0.15) is 31.9 Å². The van der Waals surface area contributed by atoms with Gasteiger partial charge in [0.2, 0.25) is 5.91 Å². The third-order valence-corrected chi connectivity index (χ3v) is 6.29. The minimum atomic E-state index is 0.252. The first-order chi connectivity index (χ1) is 15.0. The molecule has 31 heavy (non-hydrogen) atoms. The highest BCUT2D eigenvalue weighted by Gasteiger charge is 2.21. The summed E-state index contributed by atoms with van der Waals surface area (Å²) in [6.45, 7) is 4.00. The smallest absolute Gasteiger partial charge is 0.222 e. The molecule has 1 fully saturated rings. The first kappa shape index (κ1) is 21.5. The number of hydrogen-bond donors (Lipinski definition) is 0. The molecule has 1 aliphatic heterocycles. The topological polar surface area (TPSA) is 34.5 Å². The number of piperidine rings is 1. The Labute approximate surface area is 189 Å². The van der Waals surface area contributed by atoms with Gasteiger partial charge in [-0.15, -0.1) is 0 Å². The summed E-state index contributed by atoms with van der Waals surface area (Å²) in [4.78, 5) is 14.9. The van der Waals surface area contributed by atoms with E-state index in [1.807, 2.05) is 41.3 Å². The van der Waals surface area contributed by atoms with E-state index in [-0.39, 0.29) is 5.91 Å². The van der Waals surface area contributed by atoms with Crippen LogP contribution < -0.4 is 4.74 Å². The zero-order valence-corrected chi connectivity index (χ0v) is 18.9. The van der Waals surface area contributed by atoms with Gasteiger partial charge in [-0.05, 0) is 79.3 Å². The third kappa shape index (κ3) is 4.96. The lowest BCUT2D eigenvalue weighted by molar-refractivity contribution is -0.132. The number of aryl methyl sites for hydroxylation is 1. The molecule has 1 saturated heterocycles. The molecule has 1 amide bonds. The minimum absolute atomic E-state index is 0.252. The predicted octanol–water partition coefficient (Wildman–Crippen LogP) is 6.00. The largest absolute Gasteiger partial charge is 0.497 e. The van der Waals surface area contributed by atoms with Crippen molar-refractivity contribution < 1.29 is 9.53 Å². The van der Waals surface area contributed by atoms with Gasteiger partial charge in [-0.3, -0.25) is 4.79 Å². The lowest BCUT2D eigenvalue weighted by Gasteiger charge is -2.31. The zero-order chi connectivity index (χ0) is 21.8. The number of carbonyl (C=O) groups excluding carboxylic acids is 1. The van der Waals surface area contributed by atoms with E-state index in [4.69, 9.17) is 16.3 Å². The van der Waals surface area contributed by atoms with Gasteiger partial charge in [0.25, 0.3) is 0 Å². The second-order valence-electron chi connectivity index (χ2n) is 8.34. The number of methoxy groups -OCH3 is 1. The number of benzene rings is 2. The highest BCUT2D eigenvalue weighted by Crippen LogP contribution is 2.29. The van der Waals surface area contributed by atoms with Crippen LogP contribution in [-0.4, -0.2) is 35.6 Å². The summed E-state index contributed by atoms with van der Waals surface area (Å²) >= 11 is 6.10. The molecule has 5 heteroatoms. The Morgan fingerprint density at radius 1 is 1.06 bits per heavy atom. The van der Waals surface area contributed by atoms with E-state index in [0.29, 0.717) is 23.8 Å². The van der Waals surface area contributed by atoms with Crippen molar-refractivity contribution in [1.82, 2.24) is 9.47 Å². The third-order valence-electron chi connectivity index (χ3n) is 6.04. The summed E-state index contributed by atoms with van der Waals surface area (Å²) in [5.41, 5.74) is 4.33. The lowest BCUT2D eigenvalue weighted by Crippen LogP contribution is -2.39. The zero-order valence-electron chi connectivity index (χ0n) is 18.2. The number of rotatable bonds is 6. The molecule has 1 aromatic heterocycles. The van der Waals surface area contributed by atoms with Crippen LogP contribution in [-0.2, 0) is 11.2 Å². The van der Waals surface area contributed by atoms with E-state index in [1.54, 1.807) is 7.11 Å². The fourth-order valence-corrected chi connectivity index (χ4v) is 4.49. The van der Waals surface area contributed by atoms with Crippen LogP contribution in [0.15, 0.2) is 60.7 Å². The number of nitrogens with zero attached hydrogens (tertiary/aromatic N) is 2. The Bertz CT molecular complexity index is 1020. The summed E-state index contributed by atoms with van der Waals surface area (Å²) in [7, 11) is 1.67. The van der Waals surface area contributed by atoms with Crippen LogP contribution in [0.5, 0.6) is 5.75 Å². The van der Waals surface area contributed by atoms with Gasteiger partial charge in [-0.2, -0.15) is 0 Å². The van der Waals surface area contributed by atoms with Gasteiger partial charge in [0.05, 0.1) is 12.8 Å². The quantitative estimate of drug-likeness (QED) is 0.475. The molecule has 1 atom stereocenters. The van der Waals surface area contributed by atoms with Crippen molar-refractivity contribution in [3.63, 3.8) is 0 Å². The van der Waals surface area contributed by atoms with Gasteiger partial charge in [0.15, 0.2) is 0 Å². The number of likely N-dealkylation sites (tertiary alicyclic amines) is 1. The van der Waals surface area contributed by atoms with Crippen LogP contribution >= 0.6 is 11.6 Å². The maximum absolute atomic E-state index is 12.8. The average molecular weight is 437 g/mol. The van der Waals surface area contributed by atoms with Crippen LogP contribution in [0.3, 0.4) is 0 Å². The van der Waals surface area contributed by atoms with Crippen molar-refractivity contribution >= 4 is 17.5 Å².